The highest BCUT2D eigenvalue weighted by molar-refractivity contribution is 7.15. The van der Waals surface area contributed by atoms with E-state index in [9.17, 15) is 4.79 Å². The highest BCUT2D eigenvalue weighted by Gasteiger charge is 2.27. The Labute approximate surface area is 154 Å². The van der Waals surface area contributed by atoms with Gasteiger partial charge in [0, 0.05) is 16.4 Å². The number of aryl methyl sites for hydroxylation is 2. The molecule has 0 atom stereocenters. The highest BCUT2D eigenvalue weighted by Crippen LogP contribution is 2.42. The van der Waals surface area contributed by atoms with Crippen LogP contribution in [0.2, 0.25) is 0 Å². The molecule has 0 radical (unpaired) electrons. The molecule has 2 heterocycles. The van der Waals surface area contributed by atoms with E-state index in [4.69, 9.17) is 0 Å². The fraction of sp³-hybridized carbons (Fsp3) is 0.333. The van der Waals surface area contributed by atoms with Gasteiger partial charge in [0.2, 0.25) is 11.0 Å². The van der Waals surface area contributed by atoms with Crippen molar-refractivity contribution in [1.82, 2.24) is 15.2 Å². The molecule has 25 heavy (non-hydrogen) atoms. The molecule has 1 saturated carbocycles. The number of carbonyl (C=O) groups excluding carboxylic acids is 1. The summed E-state index contributed by atoms with van der Waals surface area (Å²) in [5.74, 6) is 0.482. The van der Waals surface area contributed by atoms with E-state index in [1.54, 1.807) is 11.3 Å². The van der Waals surface area contributed by atoms with Crippen LogP contribution in [-0.4, -0.2) is 21.1 Å². The summed E-state index contributed by atoms with van der Waals surface area (Å²) in [5.41, 5.74) is 3.15. The number of rotatable bonds is 5. The molecule has 0 spiro atoms. The molecule has 1 aromatic carbocycles. The first-order chi connectivity index (χ1) is 12.1. The Morgan fingerprint density at radius 1 is 1.16 bits per heavy atom. The molecule has 2 aromatic heterocycles. The molecule has 0 saturated heterocycles. The van der Waals surface area contributed by atoms with Gasteiger partial charge in [-0.05, 0) is 26.7 Å². The van der Waals surface area contributed by atoms with E-state index in [1.807, 2.05) is 6.92 Å². The Bertz CT molecular complexity index is 910. The summed E-state index contributed by atoms with van der Waals surface area (Å²) in [6, 6.07) is 8.23. The fourth-order valence-electron chi connectivity index (χ4n) is 2.62. The lowest BCUT2D eigenvalue weighted by Gasteiger charge is -2.03. The van der Waals surface area contributed by atoms with Crippen LogP contribution < -0.4 is 5.32 Å². The number of hydrogen-bond acceptors (Lipinski definition) is 6. The minimum Gasteiger partial charge on any atom is -0.300 e. The SMILES string of the molecule is Cc1ccc(-c2nc(C)sc2CC(=O)Nc2nnc(C3CC3)s2)cc1. The van der Waals surface area contributed by atoms with Crippen molar-refractivity contribution in [2.24, 2.45) is 0 Å². The van der Waals surface area contributed by atoms with Crippen LogP contribution in [-0.2, 0) is 11.2 Å². The summed E-state index contributed by atoms with van der Waals surface area (Å²) in [6.07, 6.45) is 2.67. The summed E-state index contributed by atoms with van der Waals surface area (Å²) in [6.45, 7) is 4.03. The first kappa shape index (κ1) is 16.4. The molecule has 1 fully saturated rings. The van der Waals surface area contributed by atoms with Crippen LogP contribution >= 0.6 is 22.7 Å². The third-order valence-electron chi connectivity index (χ3n) is 4.06. The molecule has 3 aromatic rings. The van der Waals surface area contributed by atoms with Crippen molar-refractivity contribution in [3.05, 3.63) is 44.7 Å². The molecule has 0 unspecified atom stereocenters. The van der Waals surface area contributed by atoms with Gasteiger partial charge in [-0.1, -0.05) is 41.2 Å². The summed E-state index contributed by atoms with van der Waals surface area (Å²) < 4.78 is 0. The van der Waals surface area contributed by atoms with E-state index in [1.165, 1.54) is 29.7 Å². The minimum absolute atomic E-state index is 0.0736. The monoisotopic (exact) mass is 370 g/mol. The van der Waals surface area contributed by atoms with Crippen LogP contribution in [0.25, 0.3) is 11.3 Å². The van der Waals surface area contributed by atoms with Gasteiger partial charge in [0.15, 0.2) is 0 Å². The van der Waals surface area contributed by atoms with Gasteiger partial charge in [-0.15, -0.1) is 21.5 Å². The van der Waals surface area contributed by atoms with Crippen LogP contribution in [0.4, 0.5) is 5.13 Å². The second-order valence-corrected chi connectivity index (χ2v) is 8.61. The second kappa shape index (κ2) is 6.65. The number of nitrogens with one attached hydrogen (secondary N) is 1. The van der Waals surface area contributed by atoms with Crippen molar-refractivity contribution in [3.63, 3.8) is 0 Å². The van der Waals surface area contributed by atoms with Gasteiger partial charge in [-0.2, -0.15) is 0 Å². The second-order valence-electron chi connectivity index (χ2n) is 6.32. The van der Waals surface area contributed by atoms with Crippen LogP contribution in [0, 0.1) is 13.8 Å². The minimum atomic E-state index is -0.0736. The Hall–Kier alpha value is -2.12. The zero-order valence-electron chi connectivity index (χ0n) is 14.1. The molecule has 0 bridgehead atoms. The fourth-order valence-corrected chi connectivity index (χ4v) is 4.50. The lowest BCUT2D eigenvalue weighted by atomic mass is 10.1. The quantitative estimate of drug-likeness (QED) is 0.725. The zero-order chi connectivity index (χ0) is 17.4. The van der Waals surface area contributed by atoms with Crippen molar-refractivity contribution in [3.8, 4) is 11.3 Å². The zero-order valence-corrected chi connectivity index (χ0v) is 15.7. The Morgan fingerprint density at radius 3 is 2.64 bits per heavy atom. The first-order valence-corrected chi connectivity index (χ1v) is 9.88. The van der Waals surface area contributed by atoms with E-state index in [0.717, 1.165) is 26.1 Å². The predicted octanol–water partition coefficient (Wildman–Crippen LogP) is 4.34. The number of anilines is 1. The van der Waals surface area contributed by atoms with E-state index in [-0.39, 0.29) is 5.91 Å². The molecule has 128 valence electrons. The van der Waals surface area contributed by atoms with Crippen molar-refractivity contribution in [1.29, 1.82) is 0 Å². The number of nitrogens with zero attached hydrogens (tertiary/aromatic N) is 3. The number of benzene rings is 1. The molecule has 0 aliphatic heterocycles. The molecular formula is C18H18N4OS2. The maximum absolute atomic E-state index is 12.4. The van der Waals surface area contributed by atoms with Crippen molar-refractivity contribution in [2.45, 2.75) is 39.0 Å². The molecular weight excluding hydrogens is 352 g/mol. The highest BCUT2D eigenvalue weighted by atomic mass is 32.1. The molecule has 7 heteroatoms. The number of aromatic nitrogens is 3. The van der Waals surface area contributed by atoms with Crippen LogP contribution in [0.5, 0.6) is 0 Å². The summed E-state index contributed by atoms with van der Waals surface area (Å²) >= 11 is 3.05. The third-order valence-corrected chi connectivity index (χ3v) is 6.04. The third kappa shape index (κ3) is 3.77. The Morgan fingerprint density at radius 2 is 1.92 bits per heavy atom. The average Bonchev–Trinajstić information content (AvgIpc) is 3.22. The van der Waals surface area contributed by atoms with Gasteiger partial charge in [0.05, 0.1) is 17.1 Å². The molecule has 1 aliphatic rings. The number of hydrogen-bond donors (Lipinski definition) is 1. The van der Waals surface area contributed by atoms with Gasteiger partial charge in [-0.25, -0.2) is 4.98 Å². The van der Waals surface area contributed by atoms with E-state index >= 15 is 0 Å². The normalized spacial score (nSPS) is 13.8. The van der Waals surface area contributed by atoms with Gasteiger partial charge in [-0.3, -0.25) is 4.79 Å². The maximum atomic E-state index is 12.4. The summed E-state index contributed by atoms with van der Waals surface area (Å²) in [4.78, 5) is 18.0. The van der Waals surface area contributed by atoms with E-state index in [0.29, 0.717) is 17.5 Å². The molecule has 1 N–H and O–H groups in total. The predicted molar refractivity (Wildman–Crippen MR) is 101 cm³/mol. The average molecular weight is 371 g/mol. The molecule has 4 rings (SSSR count). The van der Waals surface area contributed by atoms with Gasteiger partial charge in [0.1, 0.15) is 5.01 Å². The van der Waals surface area contributed by atoms with Crippen molar-refractivity contribution < 1.29 is 4.79 Å². The van der Waals surface area contributed by atoms with Crippen molar-refractivity contribution >= 4 is 33.7 Å². The van der Waals surface area contributed by atoms with Crippen molar-refractivity contribution in [2.75, 3.05) is 5.32 Å². The Balaban J connectivity index is 1.49. The Kier molecular flexibility index (Phi) is 4.35. The van der Waals surface area contributed by atoms with E-state index in [2.05, 4.69) is 51.7 Å². The standard InChI is InChI=1S/C18H18N4OS2/c1-10-3-5-12(6-4-10)16-14(24-11(2)19-16)9-15(23)20-18-22-21-17(25-18)13-7-8-13/h3-6,13H,7-9H2,1-2H3,(H,20,22,23). The summed E-state index contributed by atoms with van der Waals surface area (Å²) in [7, 11) is 0. The number of carbonyl (C=O) groups is 1. The lowest BCUT2D eigenvalue weighted by Crippen LogP contribution is -2.14. The van der Waals surface area contributed by atoms with Gasteiger partial charge < -0.3 is 5.32 Å². The molecule has 1 aliphatic carbocycles. The molecule has 5 nitrogen and oxygen atoms in total. The van der Waals surface area contributed by atoms with Gasteiger partial charge in [0.25, 0.3) is 0 Å². The van der Waals surface area contributed by atoms with Crippen LogP contribution in [0.3, 0.4) is 0 Å². The van der Waals surface area contributed by atoms with Gasteiger partial charge >= 0.3 is 0 Å². The summed E-state index contributed by atoms with van der Waals surface area (Å²) in [5, 5.41) is 13.7. The van der Waals surface area contributed by atoms with Crippen LogP contribution in [0.15, 0.2) is 24.3 Å². The first-order valence-electron chi connectivity index (χ1n) is 8.25. The smallest absolute Gasteiger partial charge is 0.231 e. The topological polar surface area (TPSA) is 67.8 Å². The lowest BCUT2D eigenvalue weighted by molar-refractivity contribution is -0.115. The van der Waals surface area contributed by atoms with E-state index < -0.39 is 0 Å². The largest absolute Gasteiger partial charge is 0.300 e. The maximum Gasteiger partial charge on any atom is 0.231 e. The number of amides is 1. The van der Waals surface area contributed by atoms with Crippen LogP contribution in [0.1, 0.15) is 39.2 Å². The number of thiazole rings is 1. The molecule has 1 amide bonds.